The van der Waals surface area contributed by atoms with Crippen molar-refractivity contribution < 1.29 is 8.42 Å². The van der Waals surface area contributed by atoms with Gasteiger partial charge < -0.3 is 4.90 Å². The molecule has 0 aromatic heterocycles. The van der Waals surface area contributed by atoms with E-state index in [-0.39, 0.29) is 6.04 Å². The average Bonchev–Trinajstić information content (AvgIpc) is 2.39. The fraction of sp³-hybridized carbons (Fsp3) is 0.600. The monoisotopic (exact) mass is 332 g/mol. The summed E-state index contributed by atoms with van der Waals surface area (Å²) in [5.74, 6) is 0.535. The van der Waals surface area contributed by atoms with Gasteiger partial charge in [-0.05, 0) is 45.1 Å². The van der Waals surface area contributed by atoms with Crippen molar-refractivity contribution in [3.63, 3.8) is 0 Å². The van der Waals surface area contributed by atoms with Crippen molar-refractivity contribution in [2.45, 2.75) is 31.2 Å². The summed E-state index contributed by atoms with van der Waals surface area (Å²) in [6.07, 6.45) is 0.746. The maximum atomic E-state index is 12.7. The van der Waals surface area contributed by atoms with E-state index in [2.05, 4.69) is 0 Å². The summed E-state index contributed by atoms with van der Waals surface area (Å²) in [5.41, 5.74) is 1.05. The summed E-state index contributed by atoms with van der Waals surface area (Å²) in [5, 5.41) is 0. The molecule has 0 radical (unpaired) electrons. The highest BCUT2D eigenvalue weighted by Gasteiger charge is 2.27. The second kappa shape index (κ2) is 8.13. The van der Waals surface area contributed by atoms with E-state index in [1.54, 1.807) is 16.4 Å². The molecule has 0 saturated heterocycles. The van der Waals surface area contributed by atoms with Crippen LogP contribution < -0.4 is 0 Å². The van der Waals surface area contributed by atoms with E-state index in [1.807, 2.05) is 45.0 Å². The van der Waals surface area contributed by atoms with Crippen LogP contribution in [0, 0.1) is 0 Å². The molecular weight excluding hydrogens is 308 g/mol. The molecule has 120 valence electrons. The van der Waals surface area contributed by atoms with E-state index in [0.29, 0.717) is 23.9 Å². The zero-order valence-corrected chi connectivity index (χ0v) is 14.8. The molecule has 0 heterocycles. The lowest BCUT2D eigenvalue weighted by molar-refractivity contribution is 0.271. The van der Waals surface area contributed by atoms with E-state index in [0.717, 1.165) is 12.0 Å². The number of rotatable bonds is 8. The number of halogens is 1. The van der Waals surface area contributed by atoms with E-state index in [4.69, 9.17) is 11.6 Å². The standard InChI is InChI=1S/C15H25ClN2O2S/c1-5-18(13(2)12-17(3)4)21(19,20)15-8-6-14(7-9-15)10-11-16/h6-9,13H,5,10-12H2,1-4H3. The highest BCUT2D eigenvalue weighted by molar-refractivity contribution is 7.89. The molecule has 0 aliphatic carbocycles. The first-order valence-corrected chi connectivity index (χ1v) is 9.11. The number of sulfonamides is 1. The quantitative estimate of drug-likeness (QED) is 0.686. The van der Waals surface area contributed by atoms with Crippen molar-refractivity contribution in [2.75, 3.05) is 33.1 Å². The normalized spacial score (nSPS) is 13.9. The number of hydrogen-bond donors (Lipinski definition) is 0. The van der Waals surface area contributed by atoms with Gasteiger partial charge in [0.05, 0.1) is 4.90 Å². The second-order valence-electron chi connectivity index (χ2n) is 5.40. The average molecular weight is 333 g/mol. The van der Waals surface area contributed by atoms with Crippen LogP contribution in [0.1, 0.15) is 19.4 Å². The number of likely N-dealkylation sites (N-methyl/N-ethyl adjacent to an activating group) is 2. The van der Waals surface area contributed by atoms with Gasteiger partial charge in [-0.15, -0.1) is 11.6 Å². The van der Waals surface area contributed by atoms with Crippen LogP contribution in [0.4, 0.5) is 0 Å². The third-order valence-corrected chi connectivity index (χ3v) is 5.64. The van der Waals surface area contributed by atoms with Gasteiger partial charge in [-0.1, -0.05) is 19.1 Å². The molecule has 1 aromatic rings. The molecule has 0 aliphatic rings. The fourth-order valence-electron chi connectivity index (χ4n) is 2.41. The first kappa shape index (κ1) is 18.4. The minimum atomic E-state index is -3.45. The molecule has 0 spiro atoms. The van der Waals surface area contributed by atoms with Crippen LogP contribution in [0.5, 0.6) is 0 Å². The van der Waals surface area contributed by atoms with Gasteiger partial charge in [0.25, 0.3) is 0 Å². The molecule has 6 heteroatoms. The van der Waals surface area contributed by atoms with Gasteiger partial charge in [0.15, 0.2) is 0 Å². The molecule has 0 N–H and O–H groups in total. The summed E-state index contributed by atoms with van der Waals surface area (Å²) in [7, 11) is 0.431. The number of hydrogen-bond acceptors (Lipinski definition) is 3. The zero-order chi connectivity index (χ0) is 16.0. The molecule has 0 amide bonds. The van der Waals surface area contributed by atoms with Crippen molar-refractivity contribution in [1.29, 1.82) is 0 Å². The highest BCUT2D eigenvalue weighted by Crippen LogP contribution is 2.19. The number of aryl methyl sites for hydroxylation is 1. The third kappa shape index (κ3) is 4.95. The van der Waals surface area contributed by atoms with Gasteiger partial charge in [0.2, 0.25) is 10.0 Å². The molecule has 0 aliphatic heterocycles. The van der Waals surface area contributed by atoms with Gasteiger partial charge in [-0.25, -0.2) is 8.42 Å². The molecule has 0 saturated carbocycles. The van der Waals surface area contributed by atoms with Crippen LogP contribution in [0.2, 0.25) is 0 Å². The van der Waals surface area contributed by atoms with Crippen LogP contribution in [-0.4, -0.2) is 56.7 Å². The molecule has 1 unspecified atom stereocenters. The van der Waals surface area contributed by atoms with Crippen LogP contribution in [0.3, 0.4) is 0 Å². The van der Waals surface area contributed by atoms with Crippen molar-refractivity contribution in [2.24, 2.45) is 0 Å². The Hall–Kier alpha value is -0.620. The number of alkyl halides is 1. The second-order valence-corrected chi connectivity index (χ2v) is 7.67. The Balaban J connectivity index is 3.01. The van der Waals surface area contributed by atoms with E-state index < -0.39 is 10.0 Å². The van der Waals surface area contributed by atoms with Crippen LogP contribution in [-0.2, 0) is 16.4 Å². The van der Waals surface area contributed by atoms with Gasteiger partial charge in [-0.2, -0.15) is 4.31 Å². The van der Waals surface area contributed by atoms with Crippen molar-refractivity contribution in [1.82, 2.24) is 9.21 Å². The maximum Gasteiger partial charge on any atom is 0.243 e. The summed E-state index contributed by atoms with van der Waals surface area (Å²) in [6, 6.07) is 6.93. The molecule has 1 rings (SSSR count). The van der Waals surface area contributed by atoms with Crippen LogP contribution >= 0.6 is 11.6 Å². The Kier molecular flexibility index (Phi) is 7.13. The molecular formula is C15H25ClN2O2S. The van der Waals surface area contributed by atoms with Gasteiger partial charge in [0.1, 0.15) is 0 Å². The van der Waals surface area contributed by atoms with Crippen molar-refractivity contribution in [3.8, 4) is 0 Å². The SMILES string of the molecule is CCN(C(C)CN(C)C)S(=O)(=O)c1ccc(CCCl)cc1. The first-order valence-electron chi connectivity index (χ1n) is 7.14. The summed E-state index contributed by atoms with van der Waals surface area (Å²) in [6.45, 7) is 4.95. The fourth-order valence-corrected chi connectivity index (χ4v) is 4.26. The van der Waals surface area contributed by atoms with Crippen molar-refractivity contribution >= 4 is 21.6 Å². The molecule has 0 fully saturated rings. The zero-order valence-electron chi connectivity index (χ0n) is 13.2. The van der Waals surface area contributed by atoms with Gasteiger partial charge in [-0.3, -0.25) is 0 Å². The summed E-state index contributed by atoms with van der Waals surface area (Å²) < 4.78 is 27.0. The highest BCUT2D eigenvalue weighted by atomic mass is 35.5. The van der Waals surface area contributed by atoms with Crippen LogP contribution in [0.15, 0.2) is 29.2 Å². The predicted molar refractivity (Wildman–Crippen MR) is 88.4 cm³/mol. The van der Waals surface area contributed by atoms with Crippen LogP contribution in [0.25, 0.3) is 0 Å². The summed E-state index contributed by atoms with van der Waals surface area (Å²) >= 11 is 5.70. The minimum Gasteiger partial charge on any atom is -0.308 e. The molecule has 4 nitrogen and oxygen atoms in total. The van der Waals surface area contributed by atoms with Gasteiger partial charge in [0, 0.05) is 25.0 Å². The lowest BCUT2D eigenvalue weighted by atomic mass is 10.2. The van der Waals surface area contributed by atoms with E-state index >= 15 is 0 Å². The largest absolute Gasteiger partial charge is 0.308 e. The molecule has 1 aromatic carbocycles. The van der Waals surface area contributed by atoms with E-state index in [1.165, 1.54) is 0 Å². The van der Waals surface area contributed by atoms with Gasteiger partial charge >= 0.3 is 0 Å². The Morgan fingerprint density at radius 3 is 2.19 bits per heavy atom. The minimum absolute atomic E-state index is 0.0717. The Morgan fingerprint density at radius 2 is 1.76 bits per heavy atom. The topological polar surface area (TPSA) is 40.6 Å². The maximum absolute atomic E-state index is 12.7. The Labute approximate surface area is 133 Å². The Morgan fingerprint density at radius 1 is 1.19 bits per heavy atom. The van der Waals surface area contributed by atoms with E-state index in [9.17, 15) is 8.42 Å². The van der Waals surface area contributed by atoms with Crippen molar-refractivity contribution in [3.05, 3.63) is 29.8 Å². The number of benzene rings is 1. The summed E-state index contributed by atoms with van der Waals surface area (Å²) in [4.78, 5) is 2.33. The third-order valence-electron chi connectivity index (χ3n) is 3.35. The lowest BCUT2D eigenvalue weighted by Gasteiger charge is -2.29. The number of nitrogens with zero attached hydrogens (tertiary/aromatic N) is 2. The Bertz CT molecular complexity index is 529. The lowest BCUT2D eigenvalue weighted by Crippen LogP contribution is -2.43. The molecule has 1 atom stereocenters. The predicted octanol–water partition coefficient (Wildman–Crippen LogP) is 2.43. The molecule has 21 heavy (non-hydrogen) atoms. The first-order chi connectivity index (χ1) is 9.82. The molecule has 0 bridgehead atoms. The smallest absolute Gasteiger partial charge is 0.243 e.